The number of aliphatic hydroxyl groups excluding tert-OH is 1. The van der Waals surface area contributed by atoms with E-state index >= 15 is 0 Å². The zero-order chi connectivity index (χ0) is 25.0. The van der Waals surface area contributed by atoms with Crippen molar-refractivity contribution in [2.24, 2.45) is 0 Å². The highest BCUT2D eigenvalue weighted by Crippen LogP contribution is 2.11. The molecule has 0 spiro atoms. The van der Waals surface area contributed by atoms with E-state index in [1.54, 1.807) is 19.6 Å². The van der Waals surface area contributed by atoms with Crippen LogP contribution in [0.4, 0.5) is 0 Å². The van der Waals surface area contributed by atoms with E-state index < -0.39 is 36.2 Å². The first kappa shape index (κ1) is 28.7. The summed E-state index contributed by atoms with van der Waals surface area (Å²) in [7, 11) is 0. The molecule has 1 unspecified atom stereocenters. The smallest absolute Gasteiger partial charge is 0.320 e. The summed E-state index contributed by atoms with van der Waals surface area (Å²) in [6.07, 6.45) is -1.90. The highest BCUT2D eigenvalue weighted by Gasteiger charge is 2.28. The molecule has 190 valence electrons. The number of aliphatic carboxylic acids is 4. The Bertz CT molecular complexity index is 630. The van der Waals surface area contributed by atoms with Crippen LogP contribution in [0.3, 0.4) is 0 Å². The number of carboxylic acids is 4. The van der Waals surface area contributed by atoms with Gasteiger partial charge in [0.15, 0.2) is 6.29 Å². The van der Waals surface area contributed by atoms with Crippen LogP contribution in [-0.2, 0) is 19.2 Å². The minimum absolute atomic E-state index is 0.0583. The first-order chi connectivity index (χ1) is 15.5. The van der Waals surface area contributed by atoms with Crippen LogP contribution in [-0.4, -0.2) is 158 Å². The molecule has 14 heteroatoms. The van der Waals surface area contributed by atoms with E-state index in [0.717, 1.165) is 0 Å². The van der Waals surface area contributed by atoms with Gasteiger partial charge in [-0.25, -0.2) is 0 Å². The second-order valence-corrected chi connectivity index (χ2v) is 7.96. The Morgan fingerprint density at radius 2 is 0.909 bits per heavy atom. The summed E-state index contributed by atoms with van der Waals surface area (Å²) in [6.45, 7) is 0.656. The second kappa shape index (κ2) is 14.7. The van der Waals surface area contributed by atoms with Crippen LogP contribution in [0, 0.1) is 0 Å². The summed E-state index contributed by atoms with van der Waals surface area (Å²) in [5, 5.41) is 55.6. The Morgan fingerprint density at radius 1 is 0.576 bits per heavy atom. The van der Waals surface area contributed by atoms with Gasteiger partial charge in [-0.1, -0.05) is 0 Å². The van der Waals surface area contributed by atoms with Crippen molar-refractivity contribution in [1.29, 1.82) is 0 Å². The molecule has 0 aromatic carbocycles. The highest BCUT2D eigenvalue weighted by atomic mass is 16.5. The Labute approximate surface area is 191 Å². The van der Waals surface area contributed by atoms with E-state index in [4.69, 9.17) is 15.3 Å². The molecule has 0 aromatic heterocycles. The maximum atomic E-state index is 11.9. The van der Waals surface area contributed by atoms with Crippen LogP contribution in [0.2, 0.25) is 0 Å². The zero-order valence-electron chi connectivity index (χ0n) is 18.5. The topological polar surface area (TPSA) is 203 Å². The van der Waals surface area contributed by atoms with Crippen molar-refractivity contribution in [3.63, 3.8) is 0 Å². The lowest BCUT2D eigenvalue weighted by Crippen LogP contribution is -2.52. The molecule has 1 heterocycles. The lowest BCUT2D eigenvalue weighted by molar-refractivity contribution is -0.145. The average Bonchev–Trinajstić information content (AvgIpc) is 2.67. The van der Waals surface area contributed by atoms with Crippen LogP contribution < -0.4 is 0 Å². The van der Waals surface area contributed by atoms with Crippen molar-refractivity contribution in [1.82, 2.24) is 19.6 Å². The van der Waals surface area contributed by atoms with Gasteiger partial charge in [0.05, 0.1) is 19.6 Å². The Kier molecular flexibility index (Phi) is 12.8. The van der Waals surface area contributed by atoms with Gasteiger partial charge in [0, 0.05) is 52.4 Å². The SMILES string of the molecule is O=C(O)CN1CCN(CC(=O)O)CCN(C(CCC(O)O)C(=O)O)CCN(CC(=O)O)CC1. The quantitative estimate of drug-likeness (QED) is 0.164. The third-order valence-electron chi connectivity index (χ3n) is 5.37. The van der Waals surface area contributed by atoms with Crippen LogP contribution in [0.25, 0.3) is 0 Å². The van der Waals surface area contributed by atoms with Gasteiger partial charge in [-0.3, -0.25) is 38.8 Å². The summed E-state index contributed by atoms with van der Waals surface area (Å²) in [4.78, 5) is 52.0. The largest absolute Gasteiger partial charge is 0.480 e. The van der Waals surface area contributed by atoms with Gasteiger partial charge in [-0.05, 0) is 12.8 Å². The predicted octanol–water partition coefficient (Wildman–Crippen LogP) is -2.99. The van der Waals surface area contributed by atoms with Crippen molar-refractivity contribution in [3.8, 4) is 0 Å². The van der Waals surface area contributed by atoms with Crippen molar-refractivity contribution in [3.05, 3.63) is 0 Å². The number of aliphatic hydroxyl groups is 2. The molecular weight excluding hydrogens is 444 g/mol. The van der Waals surface area contributed by atoms with Gasteiger partial charge in [0.25, 0.3) is 0 Å². The molecule has 1 aliphatic rings. The minimum atomic E-state index is -1.67. The lowest BCUT2D eigenvalue weighted by Gasteiger charge is -2.35. The van der Waals surface area contributed by atoms with E-state index in [9.17, 15) is 34.5 Å². The molecule has 1 fully saturated rings. The normalized spacial score (nSPS) is 19.5. The molecule has 1 aliphatic heterocycles. The molecule has 33 heavy (non-hydrogen) atoms. The van der Waals surface area contributed by atoms with Gasteiger partial charge in [0.1, 0.15) is 6.04 Å². The zero-order valence-corrected chi connectivity index (χ0v) is 18.5. The third kappa shape index (κ3) is 12.5. The second-order valence-electron chi connectivity index (χ2n) is 7.96. The third-order valence-corrected chi connectivity index (χ3v) is 5.37. The first-order valence-corrected chi connectivity index (χ1v) is 10.6. The fraction of sp³-hybridized carbons (Fsp3) is 0.789. The summed E-state index contributed by atoms with van der Waals surface area (Å²) >= 11 is 0. The molecule has 0 amide bonds. The molecule has 0 bridgehead atoms. The molecule has 0 aliphatic carbocycles. The van der Waals surface area contributed by atoms with E-state index in [0.29, 0.717) is 0 Å². The fourth-order valence-corrected chi connectivity index (χ4v) is 3.68. The summed E-state index contributed by atoms with van der Waals surface area (Å²) in [6, 6.07) is -1.07. The van der Waals surface area contributed by atoms with Crippen molar-refractivity contribution >= 4 is 23.9 Å². The van der Waals surface area contributed by atoms with Crippen molar-refractivity contribution in [2.45, 2.75) is 25.2 Å². The standard InChI is InChI=1S/C19H34N4O10/c24-15(25)2-1-14(19(32)33)23-9-7-21(12-17(28)29)5-3-20(11-16(26)27)4-6-22(8-10-23)13-18(30)31/h14-15,24-25H,1-13H2,(H,26,27)(H,28,29)(H,30,31)(H,32,33). The Morgan fingerprint density at radius 3 is 1.18 bits per heavy atom. The van der Waals surface area contributed by atoms with Crippen LogP contribution in [0.5, 0.6) is 0 Å². The fourth-order valence-electron chi connectivity index (χ4n) is 3.68. The van der Waals surface area contributed by atoms with Gasteiger partial charge in [0.2, 0.25) is 0 Å². The summed E-state index contributed by atoms with van der Waals surface area (Å²) in [5.41, 5.74) is 0. The number of hydrogen-bond donors (Lipinski definition) is 6. The molecule has 6 N–H and O–H groups in total. The predicted molar refractivity (Wildman–Crippen MR) is 113 cm³/mol. The summed E-state index contributed by atoms with van der Waals surface area (Å²) < 4.78 is 0. The molecule has 0 aromatic rings. The van der Waals surface area contributed by atoms with Gasteiger partial charge < -0.3 is 30.6 Å². The van der Waals surface area contributed by atoms with Crippen LogP contribution in [0.1, 0.15) is 12.8 Å². The van der Waals surface area contributed by atoms with E-state index in [1.165, 1.54) is 0 Å². The summed E-state index contributed by atoms with van der Waals surface area (Å²) in [5.74, 6) is -4.39. The van der Waals surface area contributed by atoms with Crippen molar-refractivity contribution < 1.29 is 49.8 Å². The van der Waals surface area contributed by atoms with Crippen LogP contribution in [0.15, 0.2) is 0 Å². The average molecular weight is 478 g/mol. The lowest BCUT2D eigenvalue weighted by atomic mass is 10.1. The number of carboxylic acid groups (broad SMARTS) is 4. The maximum absolute atomic E-state index is 11.9. The molecule has 14 nitrogen and oxygen atoms in total. The van der Waals surface area contributed by atoms with Gasteiger partial charge in [-0.15, -0.1) is 0 Å². The minimum Gasteiger partial charge on any atom is -0.480 e. The van der Waals surface area contributed by atoms with E-state index in [1.807, 2.05) is 0 Å². The highest BCUT2D eigenvalue weighted by molar-refractivity contribution is 5.73. The number of nitrogens with zero attached hydrogens (tertiary/aromatic N) is 4. The molecule has 1 atom stereocenters. The van der Waals surface area contributed by atoms with Gasteiger partial charge >= 0.3 is 23.9 Å². The van der Waals surface area contributed by atoms with E-state index in [-0.39, 0.29) is 84.8 Å². The van der Waals surface area contributed by atoms with Crippen molar-refractivity contribution in [2.75, 3.05) is 72.0 Å². The maximum Gasteiger partial charge on any atom is 0.320 e. The molecule has 0 radical (unpaired) electrons. The van der Waals surface area contributed by atoms with Gasteiger partial charge in [-0.2, -0.15) is 0 Å². The molecule has 1 saturated heterocycles. The van der Waals surface area contributed by atoms with E-state index in [2.05, 4.69) is 0 Å². The number of hydrogen-bond acceptors (Lipinski definition) is 10. The molecule has 1 rings (SSSR count). The molecular formula is C19H34N4O10. The Hall–Kier alpha value is -2.36. The molecule has 0 saturated carbocycles. The van der Waals surface area contributed by atoms with Crippen LogP contribution >= 0.6 is 0 Å². The number of carbonyl (C=O) groups is 4. The first-order valence-electron chi connectivity index (χ1n) is 10.6. The monoisotopic (exact) mass is 478 g/mol. The Balaban J connectivity index is 3.10. The number of rotatable bonds is 11.